The first kappa shape index (κ1) is 40.5. The van der Waals surface area contributed by atoms with Crippen LogP contribution in [0.5, 0.6) is 0 Å². The van der Waals surface area contributed by atoms with E-state index in [2.05, 4.69) is 31.2 Å². The Bertz CT molecular complexity index is 1640. The van der Waals surface area contributed by atoms with Gasteiger partial charge in [0.1, 0.15) is 23.8 Å². The van der Waals surface area contributed by atoms with Gasteiger partial charge in [-0.15, -0.1) is 0 Å². The maximum absolute atomic E-state index is 14.7. The number of rotatable bonds is 14. The molecular formula is C41H57N7O6. The molecule has 13 nitrogen and oxygen atoms in total. The van der Waals surface area contributed by atoms with Gasteiger partial charge in [-0.2, -0.15) is 0 Å². The number of amides is 5. The number of carbonyl (C=O) groups excluding carboxylic acids is 6. The first-order chi connectivity index (χ1) is 25.8. The summed E-state index contributed by atoms with van der Waals surface area (Å²) in [6, 6.07) is 5.06. The van der Waals surface area contributed by atoms with E-state index in [1.807, 2.05) is 58.0 Å². The molecule has 4 N–H and O–H groups in total. The molecule has 13 heteroatoms. The zero-order valence-electron chi connectivity index (χ0n) is 32.3. The molecule has 1 saturated heterocycles. The van der Waals surface area contributed by atoms with Crippen molar-refractivity contribution in [1.29, 1.82) is 0 Å². The maximum Gasteiger partial charge on any atom is 0.290 e. The summed E-state index contributed by atoms with van der Waals surface area (Å²) >= 11 is 0. The summed E-state index contributed by atoms with van der Waals surface area (Å²) in [4.78, 5) is 92.8. The van der Waals surface area contributed by atoms with Crippen molar-refractivity contribution in [3.05, 3.63) is 60.2 Å². The summed E-state index contributed by atoms with van der Waals surface area (Å²) in [6.45, 7) is 9.61. The van der Waals surface area contributed by atoms with Gasteiger partial charge in [0.25, 0.3) is 11.8 Å². The minimum atomic E-state index is -1.06. The SMILES string of the molecule is CCCC(NC(=O)[C@@H]1C2CCCC2CN1C(=O)[C@@H](NC(=O)[C@@H](NC(=O)c1cnccn1)C1CCCCC1)C(C)(C)C)C(=O)C(=O)N[C@@H](C)c1ccccc1. The van der Waals surface area contributed by atoms with E-state index in [1.165, 1.54) is 18.6 Å². The number of fused-ring (bicyclic) bond motifs is 1. The van der Waals surface area contributed by atoms with Crippen molar-refractivity contribution in [2.24, 2.45) is 23.2 Å². The van der Waals surface area contributed by atoms with Crippen LogP contribution in [0.15, 0.2) is 48.9 Å². The van der Waals surface area contributed by atoms with E-state index in [-0.39, 0.29) is 35.8 Å². The number of hydrogen-bond acceptors (Lipinski definition) is 8. The summed E-state index contributed by atoms with van der Waals surface area (Å²) in [5.41, 5.74) is 0.182. The molecule has 3 unspecified atom stereocenters. The van der Waals surface area contributed by atoms with Gasteiger partial charge in [0.15, 0.2) is 0 Å². The average Bonchev–Trinajstić information content (AvgIpc) is 3.77. The molecule has 0 spiro atoms. The Kier molecular flexibility index (Phi) is 13.6. The predicted octanol–water partition coefficient (Wildman–Crippen LogP) is 4.04. The molecule has 2 aromatic rings. The Hall–Kier alpha value is -4.68. The van der Waals surface area contributed by atoms with E-state index in [1.54, 1.807) is 11.8 Å². The molecule has 2 heterocycles. The molecule has 1 aliphatic heterocycles. The number of likely N-dealkylation sites (tertiary alicyclic amines) is 1. The lowest BCUT2D eigenvalue weighted by Crippen LogP contribution is -2.62. The second-order valence-corrected chi connectivity index (χ2v) is 16.4. The number of carbonyl (C=O) groups is 6. The smallest absolute Gasteiger partial charge is 0.290 e. The molecule has 3 fully saturated rings. The number of hydrogen-bond donors (Lipinski definition) is 4. The lowest BCUT2D eigenvalue weighted by Gasteiger charge is -2.38. The Labute approximate surface area is 318 Å². The van der Waals surface area contributed by atoms with Crippen LogP contribution in [0.3, 0.4) is 0 Å². The van der Waals surface area contributed by atoms with Gasteiger partial charge in [0, 0.05) is 18.9 Å². The molecule has 0 radical (unpaired) electrons. The van der Waals surface area contributed by atoms with E-state index >= 15 is 0 Å². The van der Waals surface area contributed by atoms with Crippen LogP contribution >= 0.6 is 0 Å². The third-order valence-electron chi connectivity index (χ3n) is 11.4. The van der Waals surface area contributed by atoms with Crippen molar-refractivity contribution in [2.75, 3.05) is 6.54 Å². The van der Waals surface area contributed by atoms with Crippen LogP contribution in [-0.2, 0) is 24.0 Å². The standard InChI is InChI=1S/C41H57N7O6/c1-6-14-30(34(49)39(53)44-25(2)26-15-9-7-10-16-26)45-38(52)33-29-20-13-19-28(29)24-48(33)40(54)35(41(3,4)5)47-37(51)32(27-17-11-8-12-18-27)46-36(50)31-23-42-21-22-43-31/h7,9-10,15-16,21-23,25,27-30,32-33,35H,6,8,11-14,17-20,24H2,1-5H3,(H,44,53)(H,45,52)(H,46,50)(H,47,51)/t25-,28?,29?,30?,32-,33-,35+/m0/s1. The number of ketones is 1. The Morgan fingerprint density at radius 3 is 2.24 bits per heavy atom. The van der Waals surface area contributed by atoms with Gasteiger partial charge in [0.2, 0.25) is 23.5 Å². The largest absolute Gasteiger partial charge is 0.344 e. The molecule has 0 bridgehead atoms. The summed E-state index contributed by atoms with van der Waals surface area (Å²) < 4.78 is 0. The summed E-state index contributed by atoms with van der Waals surface area (Å²) in [5.74, 6) is -3.49. The molecule has 5 rings (SSSR count). The molecule has 292 valence electrons. The van der Waals surface area contributed by atoms with E-state index in [9.17, 15) is 28.8 Å². The van der Waals surface area contributed by atoms with Crippen LogP contribution < -0.4 is 21.3 Å². The van der Waals surface area contributed by atoms with Crippen molar-refractivity contribution in [2.45, 2.75) is 129 Å². The molecule has 2 aliphatic carbocycles. The van der Waals surface area contributed by atoms with Crippen molar-refractivity contribution in [3.63, 3.8) is 0 Å². The fourth-order valence-corrected chi connectivity index (χ4v) is 8.48. The Balaban J connectivity index is 1.34. The monoisotopic (exact) mass is 743 g/mol. The van der Waals surface area contributed by atoms with Crippen molar-refractivity contribution < 1.29 is 28.8 Å². The van der Waals surface area contributed by atoms with E-state index in [0.717, 1.165) is 56.9 Å². The molecule has 7 atom stereocenters. The third kappa shape index (κ3) is 9.70. The van der Waals surface area contributed by atoms with Crippen molar-refractivity contribution in [1.82, 2.24) is 36.1 Å². The van der Waals surface area contributed by atoms with Crippen molar-refractivity contribution in [3.8, 4) is 0 Å². The van der Waals surface area contributed by atoms with E-state index in [4.69, 9.17) is 0 Å². The number of benzene rings is 1. The highest BCUT2D eigenvalue weighted by Crippen LogP contribution is 2.43. The summed E-state index contributed by atoms with van der Waals surface area (Å²) in [5, 5.41) is 11.6. The van der Waals surface area contributed by atoms with Gasteiger partial charge in [-0.3, -0.25) is 33.8 Å². The molecule has 3 aliphatic rings. The van der Waals surface area contributed by atoms with E-state index < -0.39 is 65.0 Å². The number of Topliss-reactive ketones (excluding diaryl/α,β-unsaturated/α-hetero) is 1. The van der Waals surface area contributed by atoms with Crippen LogP contribution in [0, 0.1) is 23.2 Å². The minimum Gasteiger partial charge on any atom is -0.344 e. The Morgan fingerprint density at radius 1 is 0.870 bits per heavy atom. The molecule has 1 aromatic heterocycles. The summed E-state index contributed by atoms with van der Waals surface area (Å²) in [6.07, 6.45) is 12.0. The van der Waals surface area contributed by atoms with Crippen LogP contribution in [0.2, 0.25) is 0 Å². The highest BCUT2D eigenvalue weighted by molar-refractivity contribution is 6.38. The van der Waals surface area contributed by atoms with Crippen molar-refractivity contribution >= 4 is 35.3 Å². The fraction of sp³-hybridized carbons (Fsp3) is 0.610. The first-order valence-corrected chi connectivity index (χ1v) is 19.7. The molecular weight excluding hydrogens is 686 g/mol. The molecule has 5 amide bonds. The molecule has 2 saturated carbocycles. The zero-order valence-corrected chi connectivity index (χ0v) is 32.3. The topological polar surface area (TPSA) is 180 Å². The molecule has 1 aromatic carbocycles. The number of nitrogens with zero attached hydrogens (tertiary/aromatic N) is 3. The van der Waals surface area contributed by atoms with Crippen LogP contribution in [-0.4, -0.2) is 80.9 Å². The van der Waals surface area contributed by atoms with Gasteiger partial charge in [-0.1, -0.05) is 90.1 Å². The number of aromatic nitrogens is 2. The Morgan fingerprint density at radius 2 is 1.59 bits per heavy atom. The summed E-state index contributed by atoms with van der Waals surface area (Å²) in [7, 11) is 0. The molecule has 54 heavy (non-hydrogen) atoms. The normalized spacial score (nSPS) is 22.2. The number of nitrogens with one attached hydrogen (secondary N) is 4. The predicted molar refractivity (Wildman–Crippen MR) is 202 cm³/mol. The second-order valence-electron chi connectivity index (χ2n) is 16.4. The van der Waals surface area contributed by atoms with Gasteiger partial charge in [0.05, 0.1) is 18.3 Å². The van der Waals surface area contributed by atoms with Gasteiger partial charge >= 0.3 is 0 Å². The zero-order chi connectivity index (χ0) is 39.0. The van der Waals surface area contributed by atoms with Crippen LogP contribution in [0.1, 0.15) is 121 Å². The van der Waals surface area contributed by atoms with Crippen LogP contribution in [0.25, 0.3) is 0 Å². The lowest BCUT2D eigenvalue weighted by molar-refractivity contribution is -0.146. The van der Waals surface area contributed by atoms with Gasteiger partial charge in [-0.25, -0.2) is 4.98 Å². The fourth-order valence-electron chi connectivity index (χ4n) is 8.48. The van der Waals surface area contributed by atoms with E-state index in [0.29, 0.717) is 13.0 Å². The lowest BCUT2D eigenvalue weighted by atomic mass is 9.82. The second kappa shape index (κ2) is 18.1. The minimum absolute atomic E-state index is 0.0927. The van der Waals surface area contributed by atoms with Crippen LogP contribution in [0.4, 0.5) is 0 Å². The third-order valence-corrected chi connectivity index (χ3v) is 11.4. The highest BCUT2D eigenvalue weighted by atomic mass is 16.2. The quantitative estimate of drug-likeness (QED) is 0.209. The average molecular weight is 744 g/mol. The maximum atomic E-state index is 14.7. The van der Waals surface area contributed by atoms with Gasteiger partial charge < -0.3 is 26.2 Å². The first-order valence-electron chi connectivity index (χ1n) is 19.7. The van der Waals surface area contributed by atoms with Gasteiger partial charge in [-0.05, 0) is 67.8 Å². The highest BCUT2D eigenvalue weighted by Gasteiger charge is 2.52.